The van der Waals surface area contributed by atoms with E-state index in [9.17, 15) is 4.79 Å². The summed E-state index contributed by atoms with van der Waals surface area (Å²) in [4.78, 5) is 16.5. The Labute approximate surface area is 143 Å². The number of benzene rings is 1. The maximum atomic E-state index is 12.2. The number of hydrogen-bond acceptors (Lipinski definition) is 3. The molecule has 4 heteroatoms. The molecular formula is C20H24N2O2. The molecule has 0 aliphatic carbocycles. The molecule has 1 aliphatic heterocycles. The predicted octanol–water partition coefficient (Wildman–Crippen LogP) is 3.27. The number of nitrogens with zero attached hydrogens (tertiary/aromatic N) is 2. The van der Waals surface area contributed by atoms with Gasteiger partial charge in [-0.1, -0.05) is 30.3 Å². The van der Waals surface area contributed by atoms with Crippen molar-refractivity contribution in [2.45, 2.75) is 13.0 Å². The number of hydrogen-bond donors (Lipinski definition) is 0. The molecule has 0 N–H and O–H groups in total. The summed E-state index contributed by atoms with van der Waals surface area (Å²) in [5.41, 5.74) is 1.35. The van der Waals surface area contributed by atoms with Gasteiger partial charge in [0.2, 0.25) is 5.91 Å². The van der Waals surface area contributed by atoms with Gasteiger partial charge in [-0.05, 0) is 42.7 Å². The summed E-state index contributed by atoms with van der Waals surface area (Å²) >= 11 is 0. The minimum atomic E-state index is 0.0212. The molecule has 0 radical (unpaired) electrons. The molecule has 1 aliphatic rings. The lowest BCUT2D eigenvalue weighted by Gasteiger charge is -2.21. The molecule has 1 unspecified atom stereocenters. The van der Waals surface area contributed by atoms with Crippen LogP contribution >= 0.6 is 0 Å². The van der Waals surface area contributed by atoms with Crippen molar-refractivity contribution in [1.29, 1.82) is 0 Å². The van der Waals surface area contributed by atoms with Gasteiger partial charge in [0.15, 0.2) is 0 Å². The summed E-state index contributed by atoms with van der Waals surface area (Å²) in [6.07, 6.45) is 6.05. The van der Waals surface area contributed by atoms with Crippen LogP contribution in [0.25, 0.3) is 6.08 Å². The van der Waals surface area contributed by atoms with Crippen LogP contribution < -0.4 is 0 Å². The van der Waals surface area contributed by atoms with Crippen LogP contribution in [0.1, 0.15) is 17.7 Å². The van der Waals surface area contributed by atoms with Crippen molar-refractivity contribution in [3.8, 4) is 0 Å². The van der Waals surface area contributed by atoms with Crippen LogP contribution in [0.4, 0.5) is 0 Å². The number of likely N-dealkylation sites (N-methyl/N-ethyl adjacent to an activating group) is 1. The molecule has 1 aromatic heterocycles. The Bertz CT molecular complexity index is 664. The van der Waals surface area contributed by atoms with Crippen molar-refractivity contribution in [3.05, 3.63) is 66.1 Å². The summed E-state index contributed by atoms with van der Waals surface area (Å²) in [6, 6.07) is 14.2. The molecule has 3 rings (SSSR count). The average Bonchev–Trinajstić information content (AvgIpc) is 3.25. The third kappa shape index (κ3) is 4.59. The minimum absolute atomic E-state index is 0.0212. The van der Waals surface area contributed by atoms with Gasteiger partial charge in [0.25, 0.3) is 0 Å². The summed E-state index contributed by atoms with van der Waals surface area (Å²) in [5, 5.41) is 0. The number of furan rings is 1. The zero-order valence-corrected chi connectivity index (χ0v) is 14.1. The fraction of sp³-hybridized carbons (Fsp3) is 0.350. The van der Waals surface area contributed by atoms with Gasteiger partial charge < -0.3 is 9.32 Å². The smallest absolute Gasteiger partial charge is 0.246 e. The van der Waals surface area contributed by atoms with Crippen molar-refractivity contribution in [2.75, 3.05) is 26.7 Å². The molecule has 1 amide bonds. The van der Waals surface area contributed by atoms with Gasteiger partial charge in [-0.3, -0.25) is 9.69 Å². The van der Waals surface area contributed by atoms with Crippen molar-refractivity contribution in [3.63, 3.8) is 0 Å². The normalized spacial score (nSPS) is 18.3. The maximum absolute atomic E-state index is 12.2. The standard InChI is InChI=1S/C20H24N2O2/c1-21(20(23)10-9-19-8-5-13-24-19)14-18-11-12-22(16-18)15-17-6-3-2-4-7-17/h2-10,13,18H,11-12,14-16H2,1H3. The Balaban J connectivity index is 1.45. The molecule has 2 aromatic rings. The zero-order chi connectivity index (χ0) is 16.8. The summed E-state index contributed by atoms with van der Waals surface area (Å²) in [6.45, 7) is 3.94. The molecule has 1 saturated heterocycles. The molecule has 126 valence electrons. The van der Waals surface area contributed by atoms with Crippen LogP contribution in [-0.4, -0.2) is 42.4 Å². The Morgan fingerprint density at radius 3 is 2.88 bits per heavy atom. The fourth-order valence-corrected chi connectivity index (χ4v) is 3.19. The second-order valence-corrected chi connectivity index (χ2v) is 6.44. The summed E-state index contributed by atoms with van der Waals surface area (Å²) in [5.74, 6) is 1.26. The third-order valence-corrected chi connectivity index (χ3v) is 4.46. The Hall–Kier alpha value is -2.33. The van der Waals surface area contributed by atoms with Gasteiger partial charge in [-0.2, -0.15) is 0 Å². The van der Waals surface area contributed by atoms with E-state index in [1.165, 1.54) is 5.56 Å². The predicted molar refractivity (Wildman–Crippen MR) is 95.2 cm³/mol. The highest BCUT2D eigenvalue weighted by Gasteiger charge is 2.24. The van der Waals surface area contributed by atoms with E-state index in [-0.39, 0.29) is 5.91 Å². The topological polar surface area (TPSA) is 36.7 Å². The van der Waals surface area contributed by atoms with E-state index < -0.39 is 0 Å². The quantitative estimate of drug-likeness (QED) is 0.765. The maximum Gasteiger partial charge on any atom is 0.246 e. The Morgan fingerprint density at radius 1 is 1.29 bits per heavy atom. The fourth-order valence-electron chi connectivity index (χ4n) is 3.19. The first-order chi connectivity index (χ1) is 11.7. The SMILES string of the molecule is CN(CC1CCN(Cc2ccccc2)C1)C(=O)C=Cc1ccco1. The van der Waals surface area contributed by atoms with E-state index in [0.717, 1.165) is 32.6 Å². The monoisotopic (exact) mass is 324 g/mol. The van der Waals surface area contributed by atoms with Gasteiger partial charge in [0.1, 0.15) is 5.76 Å². The van der Waals surface area contributed by atoms with Gasteiger partial charge in [-0.25, -0.2) is 0 Å². The molecular weight excluding hydrogens is 300 g/mol. The van der Waals surface area contributed by atoms with Crippen molar-refractivity contribution < 1.29 is 9.21 Å². The molecule has 0 spiro atoms. The Morgan fingerprint density at radius 2 is 2.12 bits per heavy atom. The van der Waals surface area contributed by atoms with Gasteiger partial charge >= 0.3 is 0 Å². The van der Waals surface area contributed by atoms with E-state index in [1.54, 1.807) is 23.3 Å². The van der Waals surface area contributed by atoms with E-state index in [4.69, 9.17) is 4.42 Å². The number of amides is 1. The Kier molecular flexibility index (Phi) is 5.49. The van der Waals surface area contributed by atoms with Crippen molar-refractivity contribution >= 4 is 12.0 Å². The highest BCUT2D eigenvalue weighted by Crippen LogP contribution is 2.19. The molecule has 24 heavy (non-hydrogen) atoms. The minimum Gasteiger partial charge on any atom is -0.465 e. The number of carbonyl (C=O) groups is 1. The summed E-state index contributed by atoms with van der Waals surface area (Å²) in [7, 11) is 1.87. The van der Waals surface area contributed by atoms with Crippen LogP contribution in [0.5, 0.6) is 0 Å². The molecule has 2 heterocycles. The lowest BCUT2D eigenvalue weighted by molar-refractivity contribution is -0.125. The summed E-state index contributed by atoms with van der Waals surface area (Å²) < 4.78 is 5.20. The van der Waals surface area contributed by atoms with E-state index in [1.807, 2.05) is 25.2 Å². The van der Waals surface area contributed by atoms with Crippen LogP contribution in [0.3, 0.4) is 0 Å². The van der Waals surface area contributed by atoms with Crippen molar-refractivity contribution in [2.24, 2.45) is 5.92 Å². The molecule has 0 saturated carbocycles. The second kappa shape index (κ2) is 7.97. The largest absolute Gasteiger partial charge is 0.465 e. The lowest BCUT2D eigenvalue weighted by Crippen LogP contribution is -2.32. The van der Waals surface area contributed by atoms with E-state index in [2.05, 4.69) is 29.2 Å². The van der Waals surface area contributed by atoms with Crippen LogP contribution in [0, 0.1) is 5.92 Å². The molecule has 4 nitrogen and oxygen atoms in total. The molecule has 0 bridgehead atoms. The highest BCUT2D eigenvalue weighted by molar-refractivity contribution is 5.91. The highest BCUT2D eigenvalue weighted by atomic mass is 16.3. The van der Waals surface area contributed by atoms with Gasteiger partial charge in [0, 0.05) is 32.8 Å². The number of carbonyl (C=O) groups excluding carboxylic acids is 1. The van der Waals surface area contributed by atoms with Crippen molar-refractivity contribution in [1.82, 2.24) is 9.80 Å². The number of rotatable bonds is 6. The van der Waals surface area contributed by atoms with Crippen LogP contribution in [0.15, 0.2) is 59.2 Å². The van der Waals surface area contributed by atoms with Crippen LogP contribution in [0.2, 0.25) is 0 Å². The zero-order valence-electron chi connectivity index (χ0n) is 14.1. The lowest BCUT2D eigenvalue weighted by atomic mass is 10.1. The average molecular weight is 324 g/mol. The van der Waals surface area contributed by atoms with Gasteiger partial charge in [0.05, 0.1) is 6.26 Å². The second-order valence-electron chi connectivity index (χ2n) is 6.44. The van der Waals surface area contributed by atoms with Gasteiger partial charge in [-0.15, -0.1) is 0 Å². The molecule has 1 atom stereocenters. The first-order valence-electron chi connectivity index (χ1n) is 8.43. The molecule has 1 fully saturated rings. The van der Waals surface area contributed by atoms with E-state index in [0.29, 0.717) is 11.7 Å². The van der Waals surface area contributed by atoms with Crippen LogP contribution in [-0.2, 0) is 11.3 Å². The molecule has 1 aromatic carbocycles. The first-order valence-corrected chi connectivity index (χ1v) is 8.43. The van der Waals surface area contributed by atoms with E-state index >= 15 is 0 Å². The number of likely N-dealkylation sites (tertiary alicyclic amines) is 1. The first kappa shape index (κ1) is 16.5. The third-order valence-electron chi connectivity index (χ3n) is 4.46.